The molecule has 0 nitrogen and oxygen atoms in total. The Kier molecular flexibility index (Phi) is 2.42. The zero-order chi connectivity index (χ0) is 10.2. The molecule has 0 heterocycles. The average molecular weight is 204 g/mol. The molecule has 1 aliphatic carbocycles. The van der Waals surface area contributed by atoms with Crippen LogP contribution < -0.4 is 0 Å². The normalized spacial score (nSPS) is 20.4. The van der Waals surface area contributed by atoms with Gasteiger partial charge in [0, 0.05) is 0 Å². The summed E-state index contributed by atoms with van der Waals surface area (Å²) in [6.45, 7) is 0. The van der Waals surface area contributed by atoms with E-state index in [4.69, 9.17) is 7.85 Å². The van der Waals surface area contributed by atoms with E-state index >= 15 is 0 Å². The van der Waals surface area contributed by atoms with Crippen LogP contribution in [0.15, 0.2) is 35.2 Å². The van der Waals surface area contributed by atoms with Crippen LogP contribution in [0.25, 0.3) is 0 Å². The Hall–Kier alpha value is -0.365. The van der Waals surface area contributed by atoms with Crippen molar-refractivity contribution in [3.63, 3.8) is 0 Å². The van der Waals surface area contributed by atoms with E-state index < -0.39 is 10.0 Å². The number of benzene rings is 1. The Morgan fingerprint density at radius 3 is 2.29 bits per heavy atom. The van der Waals surface area contributed by atoms with E-state index in [-0.39, 0.29) is 5.31 Å². The maximum absolute atomic E-state index is 6.19. The number of hydrogen-bond donors (Lipinski definition) is 0. The third kappa shape index (κ3) is 2.17. The number of hydrogen-bond acceptors (Lipinski definition) is 0. The van der Waals surface area contributed by atoms with Crippen LogP contribution in [0.2, 0.25) is 5.31 Å². The van der Waals surface area contributed by atoms with Gasteiger partial charge in [-0.1, -0.05) is 48.5 Å². The van der Waals surface area contributed by atoms with Gasteiger partial charge in [-0.25, -0.2) is 10.0 Å². The minimum atomic E-state index is -0.680. The summed E-state index contributed by atoms with van der Waals surface area (Å²) in [6, 6.07) is 10.8. The Balaban J connectivity index is 2.15. The zero-order valence-corrected chi connectivity index (χ0v) is 9.81. The molecule has 0 atom stereocenters. The van der Waals surface area contributed by atoms with Crippen molar-refractivity contribution in [1.29, 1.82) is 0 Å². The van der Waals surface area contributed by atoms with Gasteiger partial charge in [0.05, 0.1) is 7.85 Å². The third-order valence-electron chi connectivity index (χ3n) is 2.92. The predicted molar refractivity (Wildman–Crippen MR) is 66.7 cm³/mol. The Labute approximate surface area is 89.8 Å². The second kappa shape index (κ2) is 3.34. The van der Waals surface area contributed by atoms with Crippen LogP contribution in [0.4, 0.5) is 0 Å². The lowest BCUT2D eigenvalue weighted by Crippen LogP contribution is -2.09. The summed E-state index contributed by atoms with van der Waals surface area (Å²) in [6.07, 6.45) is 7.18. The van der Waals surface area contributed by atoms with Crippen molar-refractivity contribution >= 4 is 17.9 Å². The average Bonchev–Trinajstić information content (AvgIpc) is 2.84. The van der Waals surface area contributed by atoms with Crippen molar-refractivity contribution in [3.8, 4) is 0 Å². The van der Waals surface area contributed by atoms with Crippen LogP contribution in [-0.4, -0.2) is 26.1 Å². The molecule has 1 aliphatic rings. The van der Waals surface area contributed by atoms with E-state index in [2.05, 4.69) is 42.8 Å². The predicted octanol–water partition coefficient (Wildman–Crippen LogP) is 3.23. The van der Waals surface area contributed by atoms with E-state index in [1.807, 2.05) is 0 Å². The van der Waals surface area contributed by atoms with E-state index in [0.29, 0.717) is 0 Å². The number of rotatable bonds is 3. The minimum absolute atomic E-state index is 0.175. The molecule has 1 aromatic carbocycles. The summed E-state index contributed by atoms with van der Waals surface area (Å²) in [5.74, 6) is 1.18. The molecule has 0 amide bonds. The first kappa shape index (κ1) is 10.2. The fraction of sp³-hybridized carbons (Fsp3) is 0.500. The van der Waals surface area contributed by atoms with Gasteiger partial charge >= 0.3 is 0 Å². The molecule has 1 aromatic rings. The van der Waals surface area contributed by atoms with Crippen LogP contribution in [-0.2, 0) is 0 Å². The standard InChI is InChI=1S/C12H17BS/c1-14(2,10-12(13)8-9-12)11-6-4-3-5-7-11/h3-7H,8-10H2,1-2H3. The van der Waals surface area contributed by atoms with Crippen molar-refractivity contribution in [3.05, 3.63) is 30.3 Å². The Morgan fingerprint density at radius 2 is 1.79 bits per heavy atom. The molecule has 1 fully saturated rings. The van der Waals surface area contributed by atoms with Gasteiger partial charge in [-0.05, 0) is 23.2 Å². The lowest BCUT2D eigenvalue weighted by atomic mass is 9.86. The Morgan fingerprint density at radius 1 is 1.21 bits per heavy atom. The van der Waals surface area contributed by atoms with E-state index in [1.165, 1.54) is 23.5 Å². The van der Waals surface area contributed by atoms with E-state index in [9.17, 15) is 0 Å². The summed E-state index contributed by atoms with van der Waals surface area (Å²) >= 11 is 0. The molecule has 74 valence electrons. The molecule has 0 unspecified atom stereocenters. The van der Waals surface area contributed by atoms with Crippen LogP contribution in [0.1, 0.15) is 12.8 Å². The minimum Gasteiger partial charge on any atom is -0.221 e. The highest BCUT2D eigenvalue weighted by Gasteiger charge is 2.39. The van der Waals surface area contributed by atoms with Gasteiger partial charge < -0.3 is 0 Å². The van der Waals surface area contributed by atoms with Gasteiger partial charge in [-0.3, -0.25) is 0 Å². The van der Waals surface area contributed by atoms with Gasteiger partial charge in [-0.15, -0.1) is 0 Å². The fourth-order valence-corrected chi connectivity index (χ4v) is 4.68. The van der Waals surface area contributed by atoms with Gasteiger partial charge in [0.25, 0.3) is 0 Å². The zero-order valence-electron chi connectivity index (χ0n) is 8.99. The van der Waals surface area contributed by atoms with E-state index in [0.717, 1.165) is 0 Å². The van der Waals surface area contributed by atoms with Crippen LogP contribution in [0.5, 0.6) is 0 Å². The van der Waals surface area contributed by atoms with Gasteiger partial charge in [0.15, 0.2) is 0 Å². The summed E-state index contributed by atoms with van der Waals surface area (Å²) in [5, 5.41) is 0.175. The smallest absolute Gasteiger partial charge is 0.0756 e. The lowest BCUT2D eigenvalue weighted by Gasteiger charge is -2.34. The first-order valence-electron chi connectivity index (χ1n) is 5.07. The first-order chi connectivity index (χ1) is 6.52. The fourth-order valence-electron chi connectivity index (χ4n) is 1.90. The second-order valence-corrected chi connectivity index (χ2v) is 8.69. The summed E-state index contributed by atoms with van der Waals surface area (Å²) < 4.78 is 0. The maximum atomic E-state index is 6.19. The van der Waals surface area contributed by atoms with Crippen molar-refractivity contribution < 1.29 is 0 Å². The van der Waals surface area contributed by atoms with Crippen LogP contribution in [0, 0.1) is 0 Å². The van der Waals surface area contributed by atoms with Gasteiger partial charge in [0.1, 0.15) is 0 Å². The molecular formula is C12H17BS. The highest BCUT2D eigenvalue weighted by molar-refractivity contribution is 8.32. The quantitative estimate of drug-likeness (QED) is 0.663. The topological polar surface area (TPSA) is 0 Å². The third-order valence-corrected chi connectivity index (χ3v) is 5.77. The monoisotopic (exact) mass is 204 g/mol. The van der Waals surface area contributed by atoms with Crippen molar-refractivity contribution in [2.24, 2.45) is 0 Å². The van der Waals surface area contributed by atoms with Crippen LogP contribution in [0.3, 0.4) is 0 Å². The molecule has 2 radical (unpaired) electrons. The lowest BCUT2D eigenvalue weighted by molar-refractivity contribution is 1.02. The first-order valence-corrected chi connectivity index (χ1v) is 7.69. The van der Waals surface area contributed by atoms with Gasteiger partial charge in [0.2, 0.25) is 0 Å². The molecule has 1 saturated carbocycles. The van der Waals surface area contributed by atoms with Crippen molar-refractivity contribution in [1.82, 2.24) is 0 Å². The molecular weight excluding hydrogens is 187 g/mol. The summed E-state index contributed by atoms with van der Waals surface area (Å²) in [4.78, 5) is 1.48. The van der Waals surface area contributed by atoms with Crippen molar-refractivity contribution in [2.75, 3.05) is 18.3 Å². The molecule has 0 aliphatic heterocycles. The highest BCUT2D eigenvalue weighted by Crippen LogP contribution is 2.62. The van der Waals surface area contributed by atoms with E-state index in [1.54, 1.807) is 0 Å². The highest BCUT2D eigenvalue weighted by atomic mass is 32.3. The SMILES string of the molecule is [B]C1(CS(C)(C)c2ccccc2)CC1. The Bertz CT molecular complexity index is 314. The maximum Gasteiger partial charge on any atom is 0.0756 e. The molecule has 0 aromatic heterocycles. The summed E-state index contributed by atoms with van der Waals surface area (Å²) in [7, 11) is 5.51. The molecule has 2 heteroatoms. The molecule has 0 spiro atoms. The van der Waals surface area contributed by atoms with Gasteiger partial charge in [-0.2, -0.15) is 0 Å². The summed E-state index contributed by atoms with van der Waals surface area (Å²) in [5.41, 5.74) is 0. The van der Waals surface area contributed by atoms with Crippen LogP contribution >= 0.6 is 10.0 Å². The molecule has 0 N–H and O–H groups in total. The largest absolute Gasteiger partial charge is 0.221 e. The molecule has 14 heavy (non-hydrogen) atoms. The molecule has 0 bridgehead atoms. The molecule has 2 rings (SSSR count). The van der Waals surface area contributed by atoms with Crippen molar-refractivity contribution in [2.45, 2.75) is 23.1 Å². The molecule has 0 saturated heterocycles. The second-order valence-electron chi connectivity index (χ2n) is 4.86.